The van der Waals surface area contributed by atoms with Crippen LogP contribution in [0.25, 0.3) is 0 Å². The van der Waals surface area contributed by atoms with Gasteiger partial charge in [-0.3, -0.25) is 5.41 Å². The highest BCUT2D eigenvalue weighted by Gasteiger charge is 1.91. The van der Waals surface area contributed by atoms with E-state index in [1.807, 2.05) is 31.2 Å². The van der Waals surface area contributed by atoms with Crippen LogP contribution in [0.1, 0.15) is 12.5 Å². The van der Waals surface area contributed by atoms with Gasteiger partial charge in [0, 0.05) is 0 Å². The van der Waals surface area contributed by atoms with Gasteiger partial charge in [-0.25, -0.2) is 5.43 Å². The third-order valence-corrected chi connectivity index (χ3v) is 1.59. The van der Waals surface area contributed by atoms with Crippen LogP contribution in [-0.4, -0.2) is 18.8 Å². The number of ether oxygens (including phenoxy) is 1. The van der Waals surface area contributed by atoms with Crippen molar-refractivity contribution in [3.8, 4) is 5.75 Å². The van der Waals surface area contributed by atoms with Gasteiger partial charge >= 0.3 is 0 Å². The predicted octanol–water partition coefficient (Wildman–Crippen LogP) is 0.902. The zero-order valence-electron chi connectivity index (χ0n) is 8.53. The van der Waals surface area contributed by atoms with Gasteiger partial charge in [-0.1, -0.05) is 0 Å². The Morgan fingerprint density at radius 2 is 2.20 bits per heavy atom. The number of nitrogens with two attached hydrogens (primary N) is 1. The Morgan fingerprint density at radius 1 is 1.53 bits per heavy atom. The first-order valence-electron chi connectivity index (χ1n) is 4.58. The molecule has 0 aromatic heterocycles. The molecule has 15 heavy (non-hydrogen) atoms. The van der Waals surface area contributed by atoms with E-state index in [0.717, 1.165) is 11.3 Å². The van der Waals surface area contributed by atoms with Crippen molar-refractivity contribution in [1.82, 2.24) is 5.43 Å². The van der Waals surface area contributed by atoms with Gasteiger partial charge in [-0.2, -0.15) is 5.10 Å². The molecule has 0 amide bonds. The molecule has 4 N–H and O–H groups in total. The van der Waals surface area contributed by atoms with Gasteiger partial charge in [0.05, 0.1) is 12.8 Å². The molecule has 5 nitrogen and oxygen atoms in total. The van der Waals surface area contributed by atoms with E-state index in [0.29, 0.717) is 6.61 Å². The van der Waals surface area contributed by atoms with E-state index >= 15 is 0 Å². The topological polar surface area (TPSA) is 83.5 Å². The Kier molecular flexibility index (Phi) is 4.15. The van der Waals surface area contributed by atoms with E-state index in [4.69, 9.17) is 15.9 Å². The molecule has 0 saturated heterocycles. The van der Waals surface area contributed by atoms with Gasteiger partial charge in [0.2, 0.25) is 5.96 Å². The van der Waals surface area contributed by atoms with Crippen LogP contribution in [-0.2, 0) is 0 Å². The third-order valence-electron chi connectivity index (χ3n) is 1.59. The molecule has 1 aromatic rings. The number of hydrazone groups is 1. The van der Waals surface area contributed by atoms with Crippen LogP contribution in [0.2, 0.25) is 0 Å². The Bertz CT molecular complexity index is 345. The highest BCUT2D eigenvalue weighted by molar-refractivity contribution is 5.82. The van der Waals surface area contributed by atoms with Crippen LogP contribution < -0.4 is 15.9 Å². The first-order valence-corrected chi connectivity index (χ1v) is 4.58. The predicted molar refractivity (Wildman–Crippen MR) is 60.3 cm³/mol. The summed E-state index contributed by atoms with van der Waals surface area (Å²) in [5.41, 5.74) is 8.30. The van der Waals surface area contributed by atoms with Gasteiger partial charge < -0.3 is 10.5 Å². The van der Waals surface area contributed by atoms with Crippen molar-refractivity contribution in [1.29, 1.82) is 5.41 Å². The quantitative estimate of drug-likeness (QED) is 0.389. The van der Waals surface area contributed by atoms with E-state index in [1.54, 1.807) is 6.21 Å². The average molecular weight is 206 g/mol. The number of guanidine groups is 1. The lowest BCUT2D eigenvalue weighted by molar-refractivity contribution is 0.340. The van der Waals surface area contributed by atoms with E-state index in [1.165, 1.54) is 0 Å². The molecule has 0 aliphatic carbocycles. The second kappa shape index (κ2) is 5.64. The second-order valence-corrected chi connectivity index (χ2v) is 2.79. The summed E-state index contributed by atoms with van der Waals surface area (Å²) in [5.74, 6) is 0.645. The summed E-state index contributed by atoms with van der Waals surface area (Å²) >= 11 is 0. The standard InChI is InChI=1S/C10H14N4O/c1-2-15-9-5-3-8(4-6-9)7-13-14-10(11)12/h3-7H,2H2,1H3,(H4,11,12,14). The van der Waals surface area contributed by atoms with Gasteiger partial charge in [0.15, 0.2) is 0 Å². The first kappa shape index (κ1) is 11.0. The zero-order valence-corrected chi connectivity index (χ0v) is 8.53. The van der Waals surface area contributed by atoms with Gasteiger partial charge in [0.1, 0.15) is 5.75 Å². The average Bonchev–Trinajstić information content (AvgIpc) is 2.20. The Labute approximate surface area is 88.4 Å². The first-order chi connectivity index (χ1) is 7.22. The highest BCUT2D eigenvalue weighted by atomic mass is 16.5. The summed E-state index contributed by atoms with van der Waals surface area (Å²) in [6.07, 6.45) is 1.58. The third kappa shape index (κ3) is 4.12. The van der Waals surface area contributed by atoms with Crippen molar-refractivity contribution in [2.45, 2.75) is 6.92 Å². The van der Waals surface area contributed by atoms with Crippen molar-refractivity contribution in [3.05, 3.63) is 29.8 Å². The minimum absolute atomic E-state index is 0.183. The molecule has 0 unspecified atom stereocenters. The number of hydrogen-bond acceptors (Lipinski definition) is 3. The Hall–Kier alpha value is -2.04. The highest BCUT2D eigenvalue weighted by Crippen LogP contribution is 2.10. The molecule has 0 spiro atoms. The van der Waals surface area contributed by atoms with Crippen molar-refractivity contribution in [2.75, 3.05) is 6.61 Å². The molecule has 0 aliphatic rings. The van der Waals surface area contributed by atoms with E-state index in [-0.39, 0.29) is 5.96 Å². The number of nitrogens with one attached hydrogen (secondary N) is 2. The Morgan fingerprint density at radius 3 is 2.73 bits per heavy atom. The van der Waals surface area contributed by atoms with Gasteiger partial charge in [0.25, 0.3) is 0 Å². The lowest BCUT2D eigenvalue weighted by atomic mass is 10.2. The molecule has 0 aliphatic heterocycles. The summed E-state index contributed by atoms with van der Waals surface area (Å²) in [4.78, 5) is 0. The number of hydrogen-bond donors (Lipinski definition) is 3. The van der Waals surface area contributed by atoms with Crippen LogP contribution in [0.5, 0.6) is 5.75 Å². The molecule has 80 valence electrons. The zero-order chi connectivity index (χ0) is 11.1. The van der Waals surface area contributed by atoms with Crippen molar-refractivity contribution in [3.63, 3.8) is 0 Å². The lowest BCUT2D eigenvalue weighted by Gasteiger charge is -2.01. The van der Waals surface area contributed by atoms with Crippen molar-refractivity contribution < 1.29 is 4.74 Å². The summed E-state index contributed by atoms with van der Waals surface area (Å²) in [7, 11) is 0. The van der Waals surface area contributed by atoms with E-state index < -0.39 is 0 Å². The maximum atomic E-state index is 6.88. The summed E-state index contributed by atoms with van der Waals surface area (Å²) in [5, 5.41) is 10.6. The Balaban J connectivity index is 2.56. The van der Waals surface area contributed by atoms with Crippen LogP contribution in [0, 0.1) is 5.41 Å². The molecule has 1 aromatic carbocycles. The SMILES string of the molecule is CCOc1ccc(C=NNC(=N)N)cc1. The molecular formula is C10H14N4O. The minimum Gasteiger partial charge on any atom is -0.494 e. The van der Waals surface area contributed by atoms with Crippen molar-refractivity contribution >= 4 is 12.2 Å². The normalized spacial score (nSPS) is 10.2. The van der Waals surface area contributed by atoms with E-state index in [2.05, 4.69) is 10.5 Å². The fourth-order valence-electron chi connectivity index (χ4n) is 0.993. The van der Waals surface area contributed by atoms with Crippen LogP contribution in [0.4, 0.5) is 0 Å². The number of rotatable bonds is 4. The van der Waals surface area contributed by atoms with Crippen LogP contribution >= 0.6 is 0 Å². The van der Waals surface area contributed by atoms with Crippen LogP contribution in [0.3, 0.4) is 0 Å². The molecule has 0 bridgehead atoms. The van der Waals surface area contributed by atoms with Gasteiger partial charge in [-0.05, 0) is 36.8 Å². The molecule has 0 atom stereocenters. The molecule has 0 radical (unpaired) electrons. The second-order valence-electron chi connectivity index (χ2n) is 2.79. The van der Waals surface area contributed by atoms with Crippen molar-refractivity contribution in [2.24, 2.45) is 10.8 Å². The number of benzene rings is 1. The summed E-state index contributed by atoms with van der Waals surface area (Å²) < 4.78 is 5.29. The summed E-state index contributed by atoms with van der Waals surface area (Å²) in [6.45, 7) is 2.59. The number of nitrogens with zero attached hydrogens (tertiary/aromatic N) is 1. The molecule has 5 heteroatoms. The maximum absolute atomic E-state index is 6.88. The molecule has 0 heterocycles. The monoisotopic (exact) mass is 206 g/mol. The minimum atomic E-state index is -0.183. The fraction of sp³-hybridized carbons (Fsp3) is 0.200. The van der Waals surface area contributed by atoms with Gasteiger partial charge in [-0.15, -0.1) is 0 Å². The van der Waals surface area contributed by atoms with E-state index in [9.17, 15) is 0 Å². The maximum Gasteiger partial charge on any atom is 0.206 e. The fourth-order valence-corrected chi connectivity index (χ4v) is 0.993. The molecule has 0 saturated carbocycles. The smallest absolute Gasteiger partial charge is 0.206 e. The molecule has 1 rings (SSSR count). The largest absolute Gasteiger partial charge is 0.494 e. The lowest BCUT2D eigenvalue weighted by Crippen LogP contribution is -2.25. The summed E-state index contributed by atoms with van der Waals surface area (Å²) in [6, 6.07) is 7.46. The molecule has 0 fully saturated rings. The molecular weight excluding hydrogens is 192 g/mol. The van der Waals surface area contributed by atoms with Crippen LogP contribution in [0.15, 0.2) is 29.4 Å².